The maximum Gasteiger partial charge on any atom is 0.314 e. The fourth-order valence-corrected chi connectivity index (χ4v) is 1.76. The second-order valence-corrected chi connectivity index (χ2v) is 4.31. The van der Waals surface area contributed by atoms with Crippen LogP contribution in [0.25, 0.3) is 0 Å². The summed E-state index contributed by atoms with van der Waals surface area (Å²) in [4.78, 5) is 11.0. The van der Waals surface area contributed by atoms with E-state index in [0.29, 0.717) is 6.54 Å². The van der Waals surface area contributed by atoms with Crippen molar-refractivity contribution in [2.75, 3.05) is 13.6 Å². The number of nitrogens with one attached hydrogen (secondary N) is 2. The first-order valence-electron chi connectivity index (χ1n) is 6.55. The van der Waals surface area contributed by atoms with Gasteiger partial charge in [0.15, 0.2) is 0 Å². The minimum absolute atomic E-state index is 0.158. The maximum atomic E-state index is 11.0. The van der Waals surface area contributed by atoms with Crippen molar-refractivity contribution >= 4 is 6.03 Å². The number of ether oxygens (including phenoxy) is 1. The largest absolute Gasteiger partial charge is 0.457 e. The third-order valence-electron chi connectivity index (χ3n) is 2.83. The van der Waals surface area contributed by atoms with Gasteiger partial charge in [-0.05, 0) is 36.2 Å². The molecule has 20 heavy (non-hydrogen) atoms. The van der Waals surface area contributed by atoms with Crippen molar-refractivity contribution in [1.82, 2.24) is 10.6 Å². The van der Waals surface area contributed by atoms with Gasteiger partial charge < -0.3 is 15.4 Å². The van der Waals surface area contributed by atoms with Gasteiger partial charge in [-0.1, -0.05) is 30.3 Å². The van der Waals surface area contributed by atoms with E-state index in [1.165, 1.54) is 0 Å². The van der Waals surface area contributed by atoms with Crippen LogP contribution in [-0.4, -0.2) is 19.6 Å². The van der Waals surface area contributed by atoms with Gasteiger partial charge in [-0.2, -0.15) is 0 Å². The van der Waals surface area contributed by atoms with E-state index >= 15 is 0 Å². The number of amides is 2. The Morgan fingerprint density at radius 1 is 1.00 bits per heavy atom. The molecule has 0 aromatic heterocycles. The van der Waals surface area contributed by atoms with Gasteiger partial charge in [0.2, 0.25) is 0 Å². The van der Waals surface area contributed by atoms with E-state index in [-0.39, 0.29) is 6.03 Å². The average Bonchev–Trinajstić information content (AvgIpc) is 2.50. The molecule has 2 N–H and O–H groups in total. The Kier molecular flexibility index (Phi) is 5.00. The minimum atomic E-state index is -0.158. The van der Waals surface area contributed by atoms with E-state index in [1.807, 2.05) is 54.6 Å². The SMILES string of the molecule is CNC(=O)NCCc1ccc(Oc2ccccc2)cc1. The summed E-state index contributed by atoms with van der Waals surface area (Å²) in [5.74, 6) is 1.63. The first-order chi connectivity index (χ1) is 9.78. The normalized spacial score (nSPS) is 9.85. The standard InChI is InChI=1S/C16H18N2O2/c1-17-16(19)18-12-11-13-7-9-15(10-8-13)20-14-5-3-2-4-6-14/h2-10H,11-12H2,1H3,(H2,17,18,19). The van der Waals surface area contributed by atoms with E-state index in [4.69, 9.17) is 4.74 Å². The van der Waals surface area contributed by atoms with Crippen molar-refractivity contribution in [3.63, 3.8) is 0 Å². The topological polar surface area (TPSA) is 50.4 Å². The van der Waals surface area contributed by atoms with Gasteiger partial charge in [0, 0.05) is 13.6 Å². The lowest BCUT2D eigenvalue weighted by Crippen LogP contribution is -2.33. The number of para-hydroxylation sites is 1. The monoisotopic (exact) mass is 270 g/mol. The highest BCUT2D eigenvalue weighted by molar-refractivity contribution is 5.73. The molecule has 0 unspecified atom stereocenters. The Hall–Kier alpha value is -2.49. The quantitative estimate of drug-likeness (QED) is 0.877. The molecule has 0 saturated carbocycles. The van der Waals surface area contributed by atoms with Gasteiger partial charge in [0.05, 0.1) is 0 Å². The van der Waals surface area contributed by atoms with Gasteiger partial charge in [-0.3, -0.25) is 0 Å². The summed E-state index contributed by atoms with van der Waals surface area (Å²) in [5.41, 5.74) is 1.15. The highest BCUT2D eigenvalue weighted by Crippen LogP contribution is 2.21. The molecule has 4 heteroatoms. The Balaban J connectivity index is 1.85. The molecule has 0 spiro atoms. The Morgan fingerprint density at radius 3 is 2.30 bits per heavy atom. The number of carbonyl (C=O) groups is 1. The van der Waals surface area contributed by atoms with Gasteiger partial charge in [-0.15, -0.1) is 0 Å². The molecule has 0 aliphatic carbocycles. The molecule has 0 fully saturated rings. The van der Waals surface area contributed by atoms with Crippen molar-refractivity contribution in [1.29, 1.82) is 0 Å². The number of urea groups is 1. The van der Waals surface area contributed by atoms with Crippen LogP contribution in [0.2, 0.25) is 0 Å². The highest BCUT2D eigenvalue weighted by Gasteiger charge is 1.99. The molecule has 2 aromatic rings. The van der Waals surface area contributed by atoms with E-state index in [1.54, 1.807) is 7.05 Å². The fourth-order valence-electron chi connectivity index (χ4n) is 1.76. The molecule has 0 bridgehead atoms. The van der Waals surface area contributed by atoms with Crippen LogP contribution in [0.1, 0.15) is 5.56 Å². The molecule has 2 amide bonds. The third kappa shape index (κ3) is 4.31. The van der Waals surface area contributed by atoms with Crippen LogP contribution in [-0.2, 0) is 6.42 Å². The molecule has 4 nitrogen and oxygen atoms in total. The Bertz CT molecular complexity index is 538. The van der Waals surface area contributed by atoms with Crippen LogP contribution >= 0.6 is 0 Å². The van der Waals surface area contributed by atoms with Crippen LogP contribution < -0.4 is 15.4 Å². The Morgan fingerprint density at radius 2 is 1.65 bits per heavy atom. The number of rotatable bonds is 5. The molecule has 0 aliphatic heterocycles. The summed E-state index contributed by atoms with van der Waals surface area (Å²) in [7, 11) is 1.60. The average molecular weight is 270 g/mol. The molecule has 0 radical (unpaired) electrons. The summed E-state index contributed by atoms with van der Waals surface area (Å²) in [6, 6.07) is 17.4. The third-order valence-corrected chi connectivity index (χ3v) is 2.83. The summed E-state index contributed by atoms with van der Waals surface area (Å²) < 4.78 is 5.71. The second kappa shape index (κ2) is 7.19. The van der Waals surface area contributed by atoms with Crippen molar-refractivity contribution in [2.45, 2.75) is 6.42 Å². The fraction of sp³-hybridized carbons (Fsp3) is 0.188. The zero-order valence-electron chi connectivity index (χ0n) is 11.4. The van der Waals surface area contributed by atoms with E-state index in [9.17, 15) is 4.79 Å². The zero-order valence-corrected chi connectivity index (χ0v) is 11.4. The lowest BCUT2D eigenvalue weighted by Gasteiger charge is -2.07. The zero-order chi connectivity index (χ0) is 14.2. The van der Waals surface area contributed by atoms with Crippen LogP contribution in [0.15, 0.2) is 54.6 Å². The maximum absolute atomic E-state index is 11.0. The number of carbonyl (C=O) groups excluding carboxylic acids is 1. The highest BCUT2D eigenvalue weighted by atomic mass is 16.5. The number of hydrogen-bond acceptors (Lipinski definition) is 2. The van der Waals surface area contributed by atoms with Crippen molar-refractivity contribution in [3.05, 3.63) is 60.2 Å². The minimum Gasteiger partial charge on any atom is -0.457 e. The molecule has 0 heterocycles. The lowest BCUT2D eigenvalue weighted by molar-refractivity contribution is 0.243. The van der Waals surface area contributed by atoms with Crippen LogP contribution in [0, 0.1) is 0 Å². The van der Waals surface area contributed by atoms with Gasteiger partial charge in [0.1, 0.15) is 11.5 Å². The van der Waals surface area contributed by atoms with E-state index < -0.39 is 0 Å². The molecule has 0 saturated heterocycles. The molecule has 2 rings (SSSR count). The number of benzene rings is 2. The van der Waals surface area contributed by atoms with E-state index in [2.05, 4.69) is 10.6 Å². The second-order valence-electron chi connectivity index (χ2n) is 4.31. The number of hydrogen-bond donors (Lipinski definition) is 2. The van der Waals surface area contributed by atoms with Crippen molar-refractivity contribution in [3.8, 4) is 11.5 Å². The molecule has 0 atom stereocenters. The van der Waals surface area contributed by atoms with Gasteiger partial charge in [-0.25, -0.2) is 4.79 Å². The van der Waals surface area contributed by atoms with Gasteiger partial charge >= 0.3 is 6.03 Å². The van der Waals surface area contributed by atoms with E-state index in [0.717, 1.165) is 23.5 Å². The molecular formula is C16H18N2O2. The lowest BCUT2D eigenvalue weighted by atomic mass is 10.1. The van der Waals surface area contributed by atoms with Crippen LogP contribution in [0.4, 0.5) is 4.79 Å². The molecular weight excluding hydrogens is 252 g/mol. The molecule has 2 aromatic carbocycles. The van der Waals surface area contributed by atoms with Crippen molar-refractivity contribution in [2.24, 2.45) is 0 Å². The predicted octanol–water partition coefficient (Wildman–Crippen LogP) is 2.95. The van der Waals surface area contributed by atoms with Crippen LogP contribution in [0.5, 0.6) is 11.5 Å². The predicted molar refractivity (Wildman–Crippen MR) is 79.1 cm³/mol. The Labute approximate surface area is 118 Å². The summed E-state index contributed by atoms with van der Waals surface area (Å²) in [6.45, 7) is 0.610. The summed E-state index contributed by atoms with van der Waals surface area (Å²) in [5, 5.41) is 5.27. The van der Waals surface area contributed by atoms with Gasteiger partial charge in [0.25, 0.3) is 0 Å². The smallest absolute Gasteiger partial charge is 0.314 e. The molecule has 104 valence electrons. The first-order valence-corrected chi connectivity index (χ1v) is 6.55. The van der Waals surface area contributed by atoms with Crippen LogP contribution in [0.3, 0.4) is 0 Å². The molecule has 0 aliphatic rings. The summed E-state index contributed by atoms with van der Waals surface area (Å²) in [6.07, 6.45) is 0.791. The van der Waals surface area contributed by atoms with Crippen molar-refractivity contribution < 1.29 is 9.53 Å². The first kappa shape index (κ1) is 13.9. The summed E-state index contributed by atoms with van der Waals surface area (Å²) >= 11 is 0.